The summed E-state index contributed by atoms with van der Waals surface area (Å²) in [5, 5.41) is 2.78. The fourth-order valence-corrected chi connectivity index (χ4v) is 4.03. The monoisotopic (exact) mass is 451 g/mol. The van der Waals surface area contributed by atoms with Gasteiger partial charge in [-0.25, -0.2) is 4.98 Å². The van der Waals surface area contributed by atoms with Gasteiger partial charge in [0.25, 0.3) is 0 Å². The molecule has 0 saturated carbocycles. The van der Waals surface area contributed by atoms with Crippen molar-refractivity contribution in [1.82, 2.24) is 14.7 Å². The van der Waals surface area contributed by atoms with Gasteiger partial charge in [-0.3, -0.25) is 4.79 Å². The Balaban J connectivity index is 1.58. The molecule has 4 nitrogen and oxygen atoms in total. The number of amides is 1. The zero-order valence-corrected chi connectivity index (χ0v) is 18.4. The van der Waals surface area contributed by atoms with E-state index in [0.29, 0.717) is 5.56 Å². The number of hydrogen-bond donors (Lipinski definition) is 1. The summed E-state index contributed by atoms with van der Waals surface area (Å²) < 4.78 is 40.9. The van der Waals surface area contributed by atoms with Crippen LogP contribution in [0, 0.1) is 13.8 Å². The summed E-state index contributed by atoms with van der Waals surface area (Å²) in [6.07, 6.45) is -0.548. The molecular weight excluding hydrogens is 427 g/mol. The van der Waals surface area contributed by atoms with Crippen LogP contribution in [-0.4, -0.2) is 15.3 Å². The maximum absolute atomic E-state index is 13.0. The number of carbonyl (C=O) groups excluding carboxylic acids is 1. The Morgan fingerprint density at radius 3 is 2.61 bits per heavy atom. The van der Waals surface area contributed by atoms with Gasteiger partial charge in [-0.15, -0.1) is 0 Å². The molecule has 1 unspecified atom stereocenters. The Hall–Kier alpha value is -3.61. The minimum atomic E-state index is -4.42. The van der Waals surface area contributed by atoms with Crippen LogP contribution in [0.2, 0.25) is 0 Å². The molecule has 2 heterocycles. The van der Waals surface area contributed by atoms with Crippen LogP contribution in [0.3, 0.4) is 0 Å². The number of nitrogens with one attached hydrogen (secondary N) is 1. The first kappa shape index (κ1) is 22.6. The van der Waals surface area contributed by atoms with Crippen LogP contribution in [0.15, 0.2) is 73.1 Å². The van der Waals surface area contributed by atoms with E-state index in [0.717, 1.165) is 40.2 Å². The van der Waals surface area contributed by atoms with Crippen molar-refractivity contribution >= 4 is 11.6 Å². The minimum Gasteiger partial charge on any atom is -0.352 e. The van der Waals surface area contributed by atoms with E-state index < -0.39 is 11.7 Å². The molecule has 4 rings (SSSR count). The number of fused-ring (bicyclic) bond motifs is 1. The zero-order valence-electron chi connectivity index (χ0n) is 18.4. The summed E-state index contributed by atoms with van der Waals surface area (Å²) >= 11 is 0. The van der Waals surface area contributed by atoms with Gasteiger partial charge in [0.15, 0.2) is 0 Å². The number of imidazole rings is 1. The third-order valence-corrected chi connectivity index (χ3v) is 5.75. The lowest BCUT2D eigenvalue weighted by atomic mass is 9.89. The predicted molar refractivity (Wildman–Crippen MR) is 121 cm³/mol. The predicted octanol–water partition coefficient (Wildman–Crippen LogP) is 5.81. The highest BCUT2D eigenvalue weighted by atomic mass is 19.4. The summed E-state index contributed by atoms with van der Waals surface area (Å²) in [6, 6.07) is 16.8. The first-order valence-corrected chi connectivity index (χ1v) is 10.6. The van der Waals surface area contributed by atoms with Crippen molar-refractivity contribution in [2.24, 2.45) is 0 Å². The number of hydrogen-bond acceptors (Lipinski definition) is 2. The highest BCUT2D eigenvalue weighted by Gasteiger charge is 2.30. The van der Waals surface area contributed by atoms with Gasteiger partial charge in [0.1, 0.15) is 5.65 Å². The molecule has 0 spiro atoms. The maximum atomic E-state index is 13.0. The molecule has 0 aliphatic carbocycles. The number of halogens is 3. The molecule has 4 aromatic rings. The average Bonchev–Trinajstić information content (AvgIpc) is 3.19. The van der Waals surface area contributed by atoms with Crippen molar-refractivity contribution in [2.45, 2.75) is 38.9 Å². The number of carbonyl (C=O) groups is 1. The maximum Gasteiger partial charge on any atom is 0.416 e. The van der Waals surface area contributed by atoms with Crippen LogP contribution in [0.4, 0.5) is 13.2 Å². The molecule has 2 aromatic carbocycles. The van der Waals surface area contributed by atoms with Crippen LogP contribution in [0.25, 0.3) is 5.65 Å². The zero-order chi connectivity index (χ0) is 23.6. The van der Waals surface area contributed by atoms with Gasteiger partial charge >= 0.3 is 6.18 Å². The molecule has 2 aromatic heterocycles. The molecular formula is C26H24F3N3O. The van der Waals surface area contributed by atoms with E-state index in [9.17, 15) is 18.0 Å². The first-order valence-electron chi connectivity index (χ1n) is 10.6. The van der Waals surface area contributed by atoms with Crippen molar-refractivity contribution < 1.29 is 18.0 Å². The Morgan fingerprint density at radius 2 is 1.85 bits per heavy atom. The highest BCUT2D eigenvalue weighted by Crippen LogP contribution is 2.32. The van der Waals surface area contributed by atoms with E-state index in [-0.39, 0.29) is 24.8 Å². The molecule has 7 heteroatoms. The quantitative estimate of drug-likeness (QED) is 0.402. The third kappa shape index (κ3) is 5.08. The molecule has 0 aliphatic rings. The van der Waals surface area contributed by atoms with Crippen molar-refractivity contribution in [3.05, 3.63) is 107 Å². The molecule has 0 aliphatic heterocycles. The lowest BCUT2D eigenvalue weighted by Gasteiger charge is -2.19. The minimum absolute atomic E-state index is 0.0234. The number of alkyl halides is 3. The van der Waals surface area contributed by atoms with Gasteiger partial charge in [0, 0.05) is 31.3 Å². The molecule has 33 heavy (non-hydrogen) atoms. The van der Waals surface area contributed by atoms with Crippen LogP contribution in [-0.2, 0) is 17.5 Å². The molecule has 170 valence electrons. The van der Waals surface area contributed by atoms with Gasteiger partial charge in [-0.1, -0.05) is 36.4 Å². The fraction of sp³-hybridized carbons (Fsp3) is 0.231. The molecule has 1 N–H and O–H groups in total. The van der Waals surface area contributed by atoms with Crippen molar-refractivity contribution in [3.8, 4) is 0 Å². The topological polar surface area (TPSA) is 46.4 Å². The second-order valence-electron chi connectivity index (χ2n) is 8.20. The Labute approximate surface area is 190 Å². The lowest BCUT2D eigenvalue weighted by Crippen LogP contribution is -2.25. The number of benzene rings is 2. The first-order chi connectivity index (χ1) is 15.7. The largest absolute Gasteiger partial charge is 0.416 e. The van der Waals surface area contributed by atoms with E-state index in [1.807, 2.05) is 60.8 Å². The Morgan fingerprint density at radius 1 is 1.06 bits per heavy atom. The Bertz CT molecular complexity index is 1290. The van der Waals surface area contributed by atoms with E-state index in [1.54, 1.807) is 12.3 Å². The molecule has 1 amide bonds. The standard InChI is InChI=1S/C26H24F3N3O/c1-17-10-11-32-23(16-30-24(32)12-17)22(21-9-4-3-6-18(21)2)14-25(33)31-15-19-7-5-8-20(13-19)26(27,28)29/h3-13,16,22H,14-15H2,1-2H3,(H,31,33). The van der Waals surface area contributed by atoms with E-state index in [4.69, 9.17) is 0 Å². The van der Waals surface area contributed by atoms with E-state index in [2.05, 4.69) is 10.3 Å². The van der Waals surface area contributed by atoms with Gasteiger partial charge < -0.3 is 9.72 Å². The summed E-state index contributed by atoms with van der Waals surface area (Å²) in [7, 11) is 0. The normalized spacial score (nSPS) is 12.6. The van der Waals surface area contributed by atoms with Gasteiger partial charge in [0.2, 0.25) is 5.91 Å². The SMILES string of the molecule is Cc1ccn2c(C(CC(=O)NCc3cccc(C(F)(F)F)c3)c3ccccc3C)cnc2c1. The van der Waals surface area contributed by atoms with E-state index >= 15 is 0 Å². The van der Waals surface area contributed by atoms with Crippen LogP contribution in [0.5, 0.6) is 0 Å². The summed E-state index contributed by atoms with van der Waals surface area (Å²) in [4.78, 5) is 17.4. The molecule has 0 radical (unpaired) electrons. The summed E-state index contributed by atoms with van der Waals surface area (Å²) in [5.41, 5.74) is 4.50. The van der Waals surface area contributed by atoms with Gasteiger partial charge in [-0.2, -0.15) is 13.2 Å². The smallest absolute Gasteiger partial charge is 0.352 e. The second kappa shape index (κ2) is 9.10. The van der Waals surface area contributed by atoms with E-state index in [1.165, 1.54) is 6.07 Å². The highest BCUT2D eigenvalue weighted by molar-refractivity contribution is 5.77. The number of rotatable bonds is 6. The van der Waals surface area contributed by atoms with Crippen molar-refractivity contribution in [2.75, 3.05) is 0 Å². The summed E-state index contributed by atoms with van der Waals surface area (Å²) in [5.74, 6) is -0.506. The fourth-order valence-electron chi connectivity index (χ4n) is 4.03. The number of pyridine rings is 1. The second-order valence-corrected chi connectivity index (χ2v) is 8.20. The molecule has 1 atom stereocenters. The third-order valence-electron chi connectivity index (χ3n) is 5.75. The van der Waals surface area contributed by atoms with Crippen LogP contribution < -0.4 is 5.32 Å². The molecule has 0 fully saturated rings. The number of nitrogens with zero attached hydrogens (tertiary/aromatic N) is 2. The molecule has 0 saturated heterocycles. The number of aromatic nitrogens is 2. The van der Waals surface area contributed by atoms with Gasteiger partial charge in [-0.05, 0) is 60.4 Å². The van der Waals surface area contributed by atoms with Crippen molar-refractivity contribution in [3.63, 3.8) is 0 Å². The molecule has 0 bridgehead atoms. The Kier molecular flexibility index (Phi) is 6.22. The van der Waals surface area contributed by atoms with Crippen LogP contribution in [0.1, 0.15) is 45.8 Å². The lowest BCUT2D eigenvalue weighted by molar-refractivity contribution is -0.137. The van der Waals surface area contributed by atoms with Gasteiger partial charge in [0.05, 0.1) is 11.3 Å². The number of aryl methyl sites for hydroxylation is 2. The average molecular weight is 451 g/mol. The van der Waals surface area contributed by atoms with Crippen LogP contribution >= 0.6 is 0 Å². The summed E-state index contributed by atoms with van der Waals surface area (Å²) in [6.45, 7) is 4.01. The van der Waals surface area contributed by atoms with Crippen molar-refractivity contribution in [1.29, 1.82) is 0 Å².